The second-order valence-electron chi connectivity index (χ2n) is 5.32. The van der Waals surface area contributed by atoms with E-state index in [0.29, 0.717) is 0 Å². The molecule has 0 saturated heterocycles. The molecular formula is C17H20N4O2. The highest BCUT2D eigenvalue weighted by atomic mass is 16.4. The molecule has 0 radical (unpaired) electrons. The van der Waals surface area contributed by atoms with E-state index in [2.05, 4.69) is 20.2 Å². The largest absolute Gasteiger partial charge is 0.478 e. The number of likely N-dealkylation sites (N-methyl/N-ethyl adjacent to an activating group) is 1. The maximum atomic E-state index is 10.6. The summed E-state index contributed by atoms with van der Waals surface area (Å²) < 4.78 is 0. The van der Waals surface area contributed by atoms with E-state index in [0.717, 1.165) is 41.8 Å². The van der Waals surface area contributed by atoms with Gasteiger partial charge in [-0.25, -0.2) is 9.78 Å². The third kappa shape index (κ3) is 5.52. The predicted octanol–water partition coefficient (Wildman–Crippen LogP) is 2.21. The lowest BCUT2D eigenvalue weighted by molar-refractivity contribution is -0.131. The Bertz CT molecular complexity index is 698. The smallest absolute Gasteiger partial charge is 0.328 e. The molecule has 23 heavy (non-hydrogen) atoms. The van der Waals surface area contributed by atoms with Gasteiger partial charge >= 0.3 is 5.97 Å². The van der Waals surface area contributed by atoms with E-state index in [-0.39, 0.29) is 0 Å². The lowest BCUT2D eigenvalue weighted by Crippen LogP contribution is -2.21. The normalized spacial score (nSPS) is 11.1. The highest BCUT2D eigenvalue weighted by Crippen LogP contribution is 2.19. The molecule has 6 nitrogen and oxygen atoms in total. The van der Waals surface area contributed by atoms with Gasteiger partial charge < -0.3 is 15.3 Å². The number of rotatable bonds is 7. The van der Waals surface area contributed by atoms with Crippen molar-refractivity contribution in [1.82, 2.24) is 14.9 Å². The molecule has 0 saturated carbocycles. The Morgan fingerprint density at radius 1 is 1.35 bits per heavy atom. The molecule has 1 aromatic heterocycles. The van der Waals surface area contributed by atoms with Gasteiger partial charge in [-0.3, -0.25) is 4.98 Å². The first-order chi connectivity index (χ1) is 11.0. The van der Waals surface area contributed by atoms with Crippen molar-refractivity contribution in [2.45, 2.75) is 0 Å². The number of nitrogens with one attached hydrogen (secondary N) is 1. The van der Waals surface area contributed by atoms with E-state index in [1.165, 1.54) is 0 Å². The molecule has 0 amide bonds. The molecule has 0 spiro atoms. The van der Waals surface area contributed by atoms with Crippen LogP contribution in [-0.4, -0.2) is 53.1 Å². The van der Waals surface area contributed by atoms with Gasteiger partial charge in [0.15, 0.2) is 0 Å². The molecule has 6 heteroatoms. The Hall–Kier alpha value is -2.73. The lowest BCUT2D eigenvalue weighted by atomic mass is 10.1. The SMILES string of the molecule is CN(C)CCNc1cncc(-c2cccc(/C=C/C(=O)O)c2)n1. The van der Waals surface area contributed by atoms with E-state index in [4.69, 9.17) is 5.11 Å². The lowest BCUT2D eigenvalue weighted by Gasteiger charge is -2.11. The van der Waals surface area contributed by atoms with Gasteiger partial charge in [-0.1, -0.05) is 18.2 Å². The van der Waals surface area contributed by atoms with E-state index >= 15 is 0 Å². The summed E-state index contributed by atoms with van der Waals surface area (Å²) in [5, 5.41) is 11.9. The van der Waals surface area contributed by atoms with Crippen LogP contribution in [0.15, 0.2) is 42.7 Å². The quantitative estimate of drug-likeness (QED) is 0.763. The van der Waals surface area contributed by atoms with Gasteiger partial charge in [0.1, 0.15) is 5.82 Å². The number of carboxylic acid groups (broad SMARTS) is 1. The minimum atomic E-state index is -0.970. The predicted molar refractivity (Wildman–Crippen MR) is 91.2 cm³/mol. The van der Waals surface area contributed by atoms with Crippen molar-refractivity contribution in [3.8, 4) is 11.3 Å². The van der Waals surface area contributed by atoms with E-state index in [1.54, 1.807) is 18.5 Å². The average molecular weight is 312 g/mol. The van der Waals surface area contributed by atoms with Crippen LogP contribution in [0.5, 0.6) is 0 Å². The summed E-state index contributed by atoms with van der Waals surface area (Å²) in [6.07, 6.45) is 6.05. The van der Waals surface area contributed by atoms with Gasteiger partial charge in [-0.2, -0.15) is 0 Å². The first-order valence-corrected chi connectivity index (χ1v) is 7.26. The standard InChI is InChI=1S/C17H20N4O2/c1-21(2)9-8-19-16-12-18-11-15(20-16)14-5-3-4-13(10-14)6-7-17(22)23/h3-7,10-12H,8-9H2,1-2H3,(H,19,20)(H,22,23)/b7-6+. The monoisotopic (exact) mass is 312 g/mol. The molecule has 0 aliphatic rings. The molecular weight excluding hydrogens is 292 g/mol. The number of hydrogen-bond donors (Lipinski definition) is 2. The minimum Gasteiger partial charge on any atom is -0.478 e. The Kier molecular flexibility index (Phi) is 5.82. The molecule has 0 fully saturated rings. The second-order valence-corrected chi connectivity index (χ2v) is 5.32. The van der Waals surface area contributed by atoms with Crippen LogP contribution in [0.25, 0.3) is 17.3 Å². The number of aromatic nitrogens is 2. The molecule has 2 aromatic rings. The van der Waals surface area contributed by atoms with Gasteiger partial charge in [0.25, 0.3) is 0 Å². The minimum absolute atomic E-state index is 0.718. The molecule has 0 unspecified atom stereocenters. The van der Waals surface area contributed by atoms with E-state index < -0.39 is 5.97 Å². The fraction of sp³-hybridized carbons (Fsp3) is 0.235. The molecule has 0 bridgehead atoms. The molecule has 0 aliphatic heterocycles. The summed E-state index contributed by atoms with van der Waals surface area (Å²) in [5.74, 6) is -0.252. The third-order valence-electron chi connectivity index (χ3n) is 3.10. The summed E-state index contributed by atoms with van der Waals surface area (Å²) >= 11 is 0. The number of nitrogens with zero attached hydrogens (tertiary/aromatic N) is 3. The zero-order valence-corrected chi connectivity index (χ0v) is 13.2. The zero-order chi connectivity index (χ0) is 16.7. The number of hydrogen-bond acceptors (Lipinski definition) is 5. The summed E-state index contributed by atoms with van der Waals surface area (Å²) in [7, 11) is 4.03. The first-order valence-electron chi connectivity index (χ1n) is 7.26. The van der Waals surface area contributed by atoms with Crippen LogP contribution >= 0.6 is 0 Å². The third-order valence-corrected chi connectivity index (χ3v) is 3.10. The van der Waals surface area contributed by atoms with Gasteiger partial charge in [-0.05, 0) is 31.8 Å². The van der Waals surface area contributed by atoms with Crippen LogP contribution in [0.3, 0.4) is 0 Å². The Balaban J connectivity index is 2.15. The van der Waals surface area contributed by atoms with Crippen molar-refractivity contribution in [2.24, 2.45) is 0 Å². The topological polar surface area (TPSA) is 78.4 Å². The average Bonchev–Trinajstić information content (AvgIpc) is 2.53. The summed E-state index contributed by atoms with van der Waals surface area (Å²) in [6.45, 7) is 1.69. The van der Waals surface area contributed by atoms with Crippen molar-refractivity contribution in [1.29, 1.82) is 0 Å². The maximum Gasteiger partial charge on any atom is 0.328 e. The van der Waals surface area contributed by atoms with Gasteiger partial charge in [0.2, 0.25) is 0 Å². The van der Waals surface area contributed by atoms with Crippen LogP contribution in [-0.2, 0) is 4.79 Å². The molecule has 1 heterocycles. The fourth-order valence-corrected chi connectivity index (χ4v) is 1.97. The van der Waals surface area contributed by atoms with Gasteiger partial charge in [-0.15, -0.1) is 0 Å². The summed E-state index contributed by atoms with van der Waals surface area (Å²) in [6, 6.07) is 7.51. The number of benzene rings is 1. The number of carbonyl (C=O) groups is 1. The fourth-order valence-electron chi connectivity index (χ4n) is 1.97. The van der Waals surface area contributed by atoms with Crippen LogP contribution < -0.4 is 5.32 Å². The van der Waals surface area contributed by atoms with Crippen molar-refractivity contribution in [3.05, 3.63) is 48.3 Å². The zero-order valence-electron chi connectivity index (χ0n) is 13.2. The molecule has 0 aliphatic carbocycles. The number of aliphatic carboxylic acids is 1. The van der Waals surface area contributed by atoms with Crippen molar-refractivity contribution >= 4 is 17.9 Å². The van der Waals surface area contributed by atoms with Crippen LogP contribution in [0.4, 0.5) is 5.82 Å². The van der Waals surface area contributed by atoms with Gasteiger partial charge in [0.05, 0.1) is 18.1 Å². The molecule has 0 atom stereocenters. The maximum absolute atomic E-state index is 10.6. The van der Waals surface area contributed by atoms with Gasteiger partial charge in [0, 0.05) is 24.7 Å². The van der Waals surface area contributed by atoms with E-state index in [9.17, 15) is 4.79 Å². The summed E-state index contributed by atoms with van der Waals surface area (Å²) in [4.78, 5) is 21.4. The van der Waals surface area contributed by atoms with Crippen LogP contribution in [0, 0.1) is 0 Å². The molecule has 2 N–H and O–H groups in total. The van der Waals surface area contributed by atoms with Crippen LogP contribution in [0.1, 0.15) is 5.56 Å². The molecule has 2 rings (SSSR count). The van der Waals surface area contributed by atoms with Crippen molar-refractivity contribution < 1.29 is 9.90 Å². The highest BCUT2D eigenvalue weighted by Gasteiger charge is 2.03. The Labute approximate surface area is 135 Å². The van der Waals surface area contributed by atoms with Crippen LogP contribution in [0.2, 0.25) is 0 Å². The summed E-state index contributed by atoms with van der Waals surface area (Å²) in [5.41, 5.74) is 2.43. The molecule has 1 aromatic carbocycles. The molecule has 120 valence electrons. The van der Waals surface area contributed by atoms with Crippen molar-refractivity contribution in [3.63, 3.8) is 0 Å². The Morgan fingerprint density at radius 2 is 2.17 bits per heavy atom. The van der Waals surface area contributed by atoms with E-state index in [1.807, 2.05) is 38.4 Å². The second kappa shape index (κ2) is 8.05. The number of anilines is 1. The number of carboxylic acids is 1. The Morgan fingerprint density at radius 3 is 2.91 bits per heavy atom. The first kappa shape index (κ1) is 16.6. The highest BCUT2D eigenvalue weighted by molar-refractivity contribution is 5.85. The van der Waals surface area contributed by atoms with Crippen molar-refractivity contribution in [2.75, 3.05) is 32.5 Å².